The highest BCUT2D eigenvalue weighted by atomic mass is 15.1. The number of rotatable bonds is 4. The lowest BCUT2D eigenvalue weighted by Crippen LogP contribution is -2.27. The molecule has 0 saturated heterocycles. The summed E-state index contributed by atoms with van der Waals surface area (Å²) in [6.07, 6.45) is 10.6. The Bertz CT molecular complexity index is 292. The molecule has 16 heavy (non-hydrogen) atoms. The summed E-state index contributed by atoms with van der Waals surface area (Å²) < 4.78 is 0. The van der Waals surface area contributed by atoms with Crippen molar-refractivity contribution in [3.05, 3.63) is 12.4 Å². The van der Waals surface area contributed by atoms with E-state index in [0.29, 0.717) is 6.04 Å². The second-order valence-electron chi connectivity index (χ2n) is 5.49. The van der Waals surface area contributed by atoms with Gasteiger partial charge in [-0.25, -0.2) is 0 Å². The van der Waals surface area contributed by atoms with Gasteiger partial charge >= 0.3 is 0 Å². The van der Waals surface area contributed by atoms with Crippen LogP contribution in [0.5, 0.6) is 0 Å². The van der Waals surface area contributed by atoms with Crippen LogP contribution in [-0.2, 0) is 0 Å². The zero-order valence-electron chi connectivity index (χ0n) is 10.4. The number of aromatic nitrogens is 2. The second-order valence-corrected chi connectivity index (χ2v) is 5.49. The van der Waals surface area contributed by atoms with Crippen molar-refractivity contribution in [2.75, 3.05) is 5.32 Å². The Kier molecular flexibility index (Phi) is 3.86. The predicted molar refractivity (Wildman–Crippen MR) is 67.4 cm³/mol. The lowest BCUT2D eigenvalue weighted by Gasteiger charge is -2.31. The van der Waals surface area contributed by atoms with Gasteiger partial charge in [-0.05, 0) is 31.1 Å². The highest BCUT2D eigenvalue weighted by Crippen LogP contribution is 2.30. The number of anilines is 1. The summed E-state index contributed by atoms with van der Waals surface area (Å²) in [5.74, 6) is 1.75. The zero-order chi connectivity index (χ0) is 11.4. The van der Waals surface area contributed by atoms with Gasteiger partial charge in [0.25, 0.3) is 0 Å². The summed E-state index contributed by atoms with van der Waals surface area (Å²) in [5, 5.41) is 10.4. The highest BCUT2D eigenvalue weighted by molar-refractivity contribution is 5.38. The number of hydrogen-bond acceptors (Lipinski definition) is 2. The van der Waals surface area contributed by atoms with Gasteiger partial charge in [-0.3, -0.25) is 5.10 Å². The molecule has 1 heterocycles. The van der Waals surface area contributed by atoms with Crippen LogP contribution in [0.25, 0.3) is 0 Å². The van der Waals surface area contributed by atoms with E-state index in [-0.39, 0.29) is 0 Å². The molecule has 1 aromatic rings. The number of nitrogens with zero attached hydrogens (tertiary/aromatic N) is 1. The molecule has 0 spiro atoms. The van der Waals surface area contributed by atoms with Crippen LogP contribution in [-0.4, -0.2) is 16.2 Å². The first-order chi connectivity index (χ1) is 7.74. The molecular formula is C13H23N3. The molecule has 1 aromatic heterocycles. The van der Waals surface area contributed by atoms with Gasteiger partial charge in [0.2, 0.25) is 0 Å². The molecule has 2 unspecified atom stereocenters. The van der Waals surface area contributed by atoms with Crippen molar-refractivity contribution < 1.29 is 0 Å². The van der Waals surface area contributed by atoms with Crippen LogP contribution < -0.4 is 5.32 Å². The molecular weight excluding hydrogens is 198 g/mol. The van der Waals surface area contributed by atoms with E-state index < -0.39 is 0 Å². The van der Waals surface area contributed by atoms with E-state index in [1.54, 1.807) is 0 Å². The fourth-order valence-corrected chi connectivity index (χ4v) is 2.87. The van der Waals surface area contributed by atoms with Gasteiger partial charge in [0, 0.05) is 12.2 Å². The Morgan fingerprint density at radius 1 is 1.50 bits per heavy atom. The maximum Gasteiger partial charge on any atom is 0.0725 e. The number of hydrogen-bond donors (Lipinski definition) is 2. The van der Waals surface area contributed by atoms with Crippen LogP contribution in [0.4, 0.5) is 5.69 Å². The third-order valence-corrected chi connectivity index (χ3v) is 3.46. The largest absolute Gasteiger partial charge is 0.380 e. The molecule has 0 aromatic carbocycles. The van der Waals surface area contributed by atoms with Gasteiger partial charge in [-0.1, -0.05) is 26.7 Å². The van der Waals surface area contributed by atoms with Gasteiger partial charge in [0.1, 0.15) is 0 Å². The summed E-state index contributed by atoms with van der Waals surface area (Å²) in [5.41, 5.74) is 1.13. The van der Waals surface area contributed by atoms with Crippen LogP contribution in [0.3, 0.4) is 0 Å². The van der Waals surface area contributed by atoms with E-state index in [9.17, 15) is 0 Å². The monoisotopic (exact) mass is 221 g/mol. The lowest BCUT2D eigenvalue weighted by atomic mass is 9.81. The minimum Gasteiger partial charge on any atom is -0.380 e. The molecule has 0 aliphatic heterocycles. The quantitative estimate of drug-likeness (QED) is 0.817. The normalized spacial score (nSPS) is 25.9. The van der Waals surface area contributed by atoms with Gasteiger partial charge in [-0.15, -0.1) is 0 Å². The Balaban J connectivity index is 1.82. The van der Waals surface area contributed by atoms with E-state index in [4.69, 9.17) is 0 Å². The third kappa shape index (κ3) is 3.26. The standard InChI is InChI=1S/C13H23N3/c1-10(2)6-11-4-3-5-12(7-11)16-13-8-14-15-9-13/h8-12,16H,3-7H2,1-2H3,(H,14,15). The molecule has 0 radical (unpaired) electrons. The molecule has 0 amide bonds. The maximum atomic E-state index is 3.97. The topological polar surface area (TPSA) is 40.7 Å². The van der Waals surface area contributed by atoms with Crippen molar-refractivity contribution in [3.63, 3.8) is 0 Å². The Morgan fingerprint density at radius 3 is 3.06 bits per heavy atom. The minimum atomic E-state index is 0.648. The van der Waals surface area contributed by atoms with Crippen molar-refractivity contribution in [2.45, 2.75) is 52.0 Å². The van der Waals surface area contributed by atoms with Crippen molar-refractivity contribution in [1.29, 1.82) is 0 Å². The van der Waals surface area contributed by atoms with Gasteiger partial charge in [-0.2, -0.15) is 5.10 Å². The summed E-state index contributed by atoms with van der Waals surface area (Å²) in [6, 6.07) is 0.648. The Labute approximate surface area is 98.0 Å². The van der Waals surface area contributed by atoms with Gasteiger partial charge in [0.05, 0.1) is 11.9 Å². The molecule has 90 valence electrons. The van der Waals surface area contributed by atoms with Crippen LogP contribution in [0.2, 0.25) is 0 Å². The highest BCUT2D eigenvalue weighted by Gasteiger charge is 2.22. The van der Waals surface area contributed by atoms with Gasteiger partial charge in [0.15, 0.2) is 0 Å². The molecule has 3 nitrogen and oxygen atoms in total. The van der Waals surface area contributed by atoms with Crippen LogP contribution in [0.1, 0.15) is 46.0 Å². The zero-order valence-corrected chi connectivity index (χ0v) is 10.4. The smallest absolute Gasteiger partial charge is 0.0725 e. The molecule has 2 atom stereocenters. The molecule has 2 rings (SSSR count). The summed E-state index contributed by atoms with van der Waals surface area (Å²) >= 11 is 0. The Hall–Kier alpha value is -0.990. The summed E-state index contributed by atoms with van der Waals surface area (Å²) in [7, 11) is 0. The average molecular weight is 221 g/mol. The molecule has 1 fully saturated rings. The SMILES string of the molecule is CC(C)CC1CCCC(Nc2cn[nH]c2)C1. The molecule has 1 aliphatic carbocycles. The van der Waals surface area contributed by atoms with Crippen molar-refractivity contribution in [1.82, 2.24) is 10.2 Å². The molecule has 3 heteroatoms. The first-order valence-corrected chi connectivity index (χ1v) is 6.49. The third-order valence-electron chi connectivity index (χ3n) is 3.46. The van der Waals surface area contributed by atoms with Crippen LogP contribution >= 0.6 is 0 Å². The van der Waals surface area contributed by atoms with E-state index in [2.05, 4.69) is 29.4 Å². The van der Waals surface area contributed by atoms with E-state index in [0.717, 1.165) is 17.5 Å². The van der Waals surface area contributed by atoms with Crippen molar-refractivity contribution in [2.24, 2.45) is 11.8 Å². The van der Waals surface area contributed by atoms with E-state index >= 15 is 0 Å². The maximum absolute atomic E-state index is 3.97. The number of H-pyrrole nitrogens is 1. The van der Waals surface area contributed by atoms with Crippen molar-refractivity contribution in [3.8, 4) is 0 Å². The molecule has 1 aliphatic rings. The summed E-state index contributed by atoms with van der Waals surface area (Å²) in [6.45, 7) is 4.65. The molecule has 0 bridgehead atoms. The molecule has 1 saturated carbocycles. The lowest BCUT2D eigenvalue weighted by molar-refractivity contribution is 0.289. The van der Waals surface area contributed by atoms with Crippen molar-refractivity contribution >= 4 is 5.69 Å². The fraction of sp³-hybridized carbons (Fsp3) is 0.769. The first kappa shape index (κ1) is 11.5. The average Bonchev–Trinajstić information content (AvgIpc) is 2.70. The fourth-order valence-electron chi connectivity index (χ4n) is 2.87. The van der Waals surface area contributed by atoms with Gasteiger partial charge < -0.3 is 5.32 Å². The van der Waals surface area contributed by atoms with E-state index in [1.807, 2.05) is 12.4 Å². The first-order valence-electron chi connectivity index (χ1n) is 6.49. The predicted octanol–water partition coefficient (Wildman–Crippen LogP) is 3.43. The number of nitrogens with one attached hydrogen (secondary N) is 2. The molecule has 2 N–H and O–H groups in total. The van der Waals surface area contributed by atoms with E-state index in [1.165, 1.54) is 32.1 Å². The van der Waals surface area contributed by atoms with Crippen LogP contribution in [0, 0.1) is 11.8 Å². The summed E-state index contributed by atoms with van der Waals surface area (Å²) in [4.78, 5) is 0. The van der Waals surface area contributed by atoms with Crippen LogP contribution in [0.15, 0.2) is 12.4 Å². The minimum absolute atomic E-state index is 0.648. The number of aromatic amines is 1. The Morgan fingerprint density at radius 2 is 2.38 bits per heavy atom. The second kappa shape index (κ2) is 5.37.